The molecule has 0 bridgehead atoms. The second kappa shape index (κ2) is 21.0. The lowest BCUT2D eigenvalue weighted by atomic mass is 10.0. The van der Waals surface area contributed by atoms with Gasteiger partial charge in [0, 0.05) is 13.2 Å². The Bertz CT molecular complexity index is 159. The second-order valence-corrected chi connectivity index (χ2v) is 6.77. The van der Waals surface area contributed by atoms with Gasteiger partial charge in [0.05, 0.1) is 0 Å². The number of hydrogen-bond acceptors (Lipinski definition) is 1. The Labute approximate surface area is 141 Å². The molecule has 1 radical (unpaired) electrons. The van der Waals surface area contributed by atoms with Gasteiger partial charge >= 0.3 is 0 Å². The molecule has 133 valence electrons. The van der Waals surface area contributed by atoms with Crippen LogP contribution in [0.2, 0.25) is 0 Å². The van der Waals surface area contributed by atoms with Crippen LogP contribution in [-0.2, 0) is 4.74 Å². The van der Waals surface area contributed by atoms with Crippen LogP contribution in [0.1, 0.15) is 116 Å². The summed E-state index contributed by atoms with van der Waals surface area (Å²) in [6, 6.07) is 0. The molecule has 0 unspecified atom stereocenters. The second-order valence-electron chi connectivity index (χ2n) is 6.77. The van der Waals surface area contributed by atoms with Crippen molar-refractivity contribution in [2.45, 2.75) is 116 Å². The van der Waals surface area contributed by atoms with Gasteiger partial charge in [-0.05, 0) is 12.8 Å². The third kappa shape index (κ3) is 20.0. The average molecular weight is 312 g/mol. The molecule has 0 aromatic heterocycles. The smallest absolute Gasteiger partial charge is 0.0466 e. The van der Waals surface area contributed by atoms with E-state index in [0.29, 0.717) is 0 Å². The number of ether oxygens (including phenoxy) is 1. The minimum atomic E-state index is 0.938. The zero-order chi connectivity index (χ0) is 16.1. The molecule has 0 atom stereocenters. The molecule has 0 N–H and O–H groups in total. The van der Waals surface area contributed by atoms with Crippen LogP contribution >= 0.6 is 0 Å². The van der Waals surface area contributed by atoms with Crippen LogP contribution in [0.15, 0.2) is 0 Å². The van der Waals surface area contributed by atoms with Gasteiger partial charge in [-0.1, -0.05) is 110 Å². The Morgan fingerprint density at radius 3 is 1.27 bits per heavy atom. The van der Waals surface area contributed by atoms with Crippen molar-refractivity contribution in [2.75, 3.05) is 13.2 Å². The molecule has 0 aliphatic heterocycles. The first-order valence-electron chi connectivity index (χ1n) is 10.3. The zero-order valence-corrected chi connectivity index (χ0v) is 15.6. The maximum absolute atomic E-state index is 5.61. The Morgan fingerprint density at radius 2 is 0.864 bits per heavy atom. The molecular formula is C21H43O. The van der Waals surface area contributed by atoms with Gasteiger partial charge < -0.3 is 4.74 Å². The van der Waals surface area contributed by atoms with E-state index >= 15 is 0 Å². The first-order chi connectivity index (χ1) is 10.9. The number of rotatable bonds is 19. The quantitative estimate of drug-likeness (QED) is 0.224. The SMILES string of the molecule is [CH2]CCCCOCCCCCCCCCCCCCCCC. The lowest BCUT2D eigenvalue weighted by molar-refractivity contribution is 0.126. The molecule has 1 nitrogen and oxygen atoms in total. The topological polar surface area (TPSA) is 9.23 Å². The van der Waals surface area contributed by atoms with Gasteiger partial charge in [0.25, 0.3) is 0 Å². The standard InChI is InChI=1S/C21H43O/c1-3-5-7-8-9-10-11-12-13-14-15-16-17-19-21-22-20-18-6-4-2/h2-21H2,1H3. The summed E-state index contributed by atoms with van der Waals surface area (Å²) in [7, 11) is 0. The minimum absolute atomic E-state index is 0.938. The van der Waals surface area contributed by atoms with Gasteiger partial charge in [-0.3, -0.25) is 0 Å². The van der Waals surface area contributed by atoms with Crippen molar-refractivity contribution in [2.24, 2.45) is 0 Å². The van der Waals surface area contributed by atoms with Crippen molar-refractivity contribution in [1.82, 2.24) is 0 Å². The molecular weight excluding hydrogens is 268 g/mol. The summed E-state index contributed by atoms with van der Waals surface area (Å²) in [6.07, 6.45) is 23.3. The number of hydrogen-bond donors (Lipinski definition) is 0. The molecule has 0 aliphatic carbocycles. The fraction of sp³-hybridized carbons (Fsp3) is 0.952. The lowest BCUT2D eigenvalue weighted by Gasteiger charge is -2.04. The number of unbranched alkanes of at least 4 members (excludes halogenated alkanes) is 15. The highest BCUT2D eigenvalue weighted by Crippen LogP contribution is 2.12. The molecule has 0 aliphatic rings. The third-order valence-electron chi connectivity index (χ3n) is 4.43. The molecule has 0 aromatic carbocycles. The molecule has 0 heterocycles. The van der Waals surface area contributed by atoms with Crippen molar-refractivity contribution < 1.29 is 4.74 Å². The maximum Gasteiger partial charge on any atom is 0.0466 e. The van der Waals surface area contributed by atoms with E-state index in [1.54, 1.807) is 0 Å². The summed E-state index contributed by atoms with van der Waals surface area (Å²) in [6.45, 7) is 8.04. The van der Waals surface area contributed by atoms with Crippen LogP contribution in [-0.4, -0.2) is 13.2 Å². The molecule has 0 saturated heterocycles. The van der Waals surface area contributed by atoms with Crippen molar-refractivity contribution in [1.29, 1.82) is 0 Å². The van der Waals surface area contributed by atoms with Gasteiger partial charge in [0.1, 0.15) is 0 Å². The van der Waals surface area contributed by atoms with Crippen molar-refractivity contribution in [3.63, 3.8) is 0 Å². The molecule has 0 amide bonds. The molecule has 0 spiro atoms. The Kier molecular flexibility index (Phi) is 20.9. The van der Waals surface area contributed by atoms with E-state index < -0.39 is 0 Å². The summed E-state index contributed by atoms with van der Waals surface area (Å²) in [5, 5.41) is 0. The van der Waals surface area contributed by atoms with Crippen molar-refractivity contribution >= 4 is 0 Å². The predicted octanol–water partition coefficient (Wildman–Crippen LogP) is 7.49. The fourth-order valence-corrected chi connectivity index (χ4v) is 2.88. The first kappa shape index (κ1) is 22.0. The highest BCUT2D eigenvalue weighted by molar-refractivity contribution is 4.49. The Hall–Kier alpha value is -0.0400. The first-order valence-corrected chi connectivity index (χ1v) is 10.3. The summed E-state index contributed by atoms with van der Waals surface area (Å²) in [5.74, 6) is 0. The average Bonchev–Trinajstić information content (AvgIpc) is 2.54. The molecule has 22 heavy (non-hydrogen) atoms. The van der Waals surface area contributed by atoms with Crippen LogP contribution < -0.4 is 0 Å². The van der Waals surface area contributed by atoms with Crippen LogP contribution in [0.25, 0.3) is 0 Å². The van der Waals surface area contributed by atoms with Gasteiger partial charge in [0.2, 0.25) is 0 Å². The van der Waals surface area contributed by atoms with E-state index in [4.69, 9.17) is 4.74 Å². The highest BCUT2D eigenvalue weighted by atomic mass is 16.5. The molecule has 0 rings (SSSR count). The summed E-state index contributed by atoms with van der Waals surface area (Å²) in [5.41, 5.74) is 0. The van der Waals surface area contributed by atoms with Gasteiger partial charge in [0.15, 0.2) is 0 Å². The molecule has 1 heteroatoms. The van der Waals surface area contributed by atoms with E-state index in [1.807, 2.05) is 0 Å². The van der Waals surface area contributed by atoms with Gasteiger partial charge in [-0.25, -0.2) is 0 Å². The van der Waals surface area contributed by atoms with Gasteiger partial charge in [-0.2, -0.15) is 0 Å². The van der Waals surface area contributed by atoms with E-state index in [0.717, 1.165) is 19.6 Å². The third-order valence-corrected chi connectivity index (χ3v) is 4.43. The minimum Gasteiger partial charge on any atom is -0.381 e. The van der Waals surface area contributed by atoms with E-state index in [1.165, 1.54) is 103 Å². The van der Waals surface area contributed by atoms with E-state index in [-0.39, 0.29) is 0 Å². The largest absolute Gasteiger partial charge is 0.381 e. The molecule has 0 saturated carbocycles. The van der Waals surface area contributed by atoms with Crippen LogP contribution in [0.5, 0.6) is 0 Å². The van der Waals surface area contributed by atoms with Crippen molar-refractivity contribution in [3.05, 3.63) is 6.92 Å². The Morgan fingerprint density at radius 1 is 0.500 bits per heavy atom. The lowest BCUT2D eigenvalue weighted by Crippen LogP contribution is -1.96. The molecule has 0 fully saturated rings. The summed E-state index contributed by atoms with van der Waals surface area (Å²) in [4.78, 5) is 0. The normalized spacial score (nSPS) is 11.2. The van der Waals surface area contributed by atoms with Crippen LogP contribution in [0.3, 0.4) is 0 Å². The highest BCUT2D eigenvalue weighted by Gasteiger charge is 1.94. The van der Waals surface area contributed by atoms with Crippen LogP contribution in [0, 0.1) is 6.92 Å². The van der Waals surface area contributed by atoms with E-state index in [2.05, 4.69) is 13.8 Å². The molecule has 0 aromatic rings. The van der Waals surface area contributed by atoms with Crippen molar-refractivity contribution in [3.8, 4) is 0 Å². The zero-order valence-electron chi connectivity index (χ0n) is 15.6. The Balaban J connectivity index is 2.91. The van der Waals surface area contributed by atoms with Gasteiger partial charge in [-0.15, -0.1) is 0 Å². The summed E-state index contributed by atoms with van der Waals surface area (Å²) < 4.78 is 5.61. The maximum atomic E-state index is 5.61. The van der Waals surface area contributed by atoms with E-state index in [9.17, 15) is 0 Å². The predicted molar refractivity (Wildman–Crippen MR) is 100 cm³/mol. The van der Waals surface area contributed by atoms with Crippen LogP contribution in [0.4, 0.5) is 0 Å². The monoisotopic (exact) mass is 311 g/mol. The summed E-state index contributed by atoms with van der Waals surface area (Å²) >= 11 is 0. The fourth-order valence-electron chi connectivity index (χ4n) is 2.88.